The maximum Gasteiger partial charge on any atom is 1.00 e. The highest BCUT2D eigenvalue weighted by Gasteiger charge is 2.15. The van der Waals surface area contributed by atoms with Crippen LogP contribution in [0.3, 0.4) is 0 Å². The fraction of sp³-hybridized carbons (Fsp3) is 1.00. The first-order valence-electron chi connectivity index (χ1n) is 16.5. The van der Waals surface area contributed by atoms with Crippen molar-refractivity contribution in [3.63, 3.8) is 0 Å². The fourth-order valence-corrected chi connectivity index (χ4v) is 6.07. The van der Waals surface area contributed by atoms with Crippen LogP contribution in [0.25, 0.3) is 0 Å². The van der Waals surface area contributed by atoms with Gasteiger partial charge < -0.3 is 13.5 Å². The van der Waals surface area contributed by atoms with Gasteiger partial charge in [0.25, 0.3) is 0 Å². The zero-order valence-electron chi connectivity index (χ0n) is 27.6. The van der Waals surface area contributed by atoms with Gasteiger partial charge in [-0.3, -0.25) is 0 Å². The summed E-state index contributed by atoms with van der Waals surface area (Å²) in [4.78, 5) is 0. The standard InChI is InChI=1S/C32H69N2O3S/c1-6-7-8-9-10-11-12-13-15-18-21-24-28-33(2,3)29-25-22-19-16-14-17-20-23-26-30-34(4,5)31-27-32-38(35,36)37/h6-32H2,1-5H3/q+1/p+1. The lowest BCUT2D eigenvalue weighted by molar-refractivity contribution is -0.890. The van der Waals surface area contributed by atoms with Gasteiger partial charge in [-0.2, -0.15) is 0 Å². The van der Waals surface area contributed by atoms with Crippen LogP contribution in [-0.2, 0) is 10.1 Å². The molecule has 38 heavy (non-hydrogen) atoms. The van der Waals surface area contributed by atoms with Gasteiger partial charge in [0.05, 0.1) is 64.5 Å². The molecule has 0 aliphatic heterocycles. The van der Waals surface area contributed by atoms with Gasteiger partial charge in [0.1, 0.15) is 0 Å². The summed E-state index contributed by atoms with van der Waals surface area (Å²) < 4.78 is 34.3. The van der Waals surface area contributed by atoms with Crippen molar-refractivity contribution < 1.29 is 23.4 Å². The molecule has 0 heterocycles. The number of rotatable bonds is 29. The van der Waals surface area contributed by atoms with Crippen molar-refractivity contribution in [1.82, 2.24) is 0 Å². The maximum absolute atomic E-state index is 10.8. The van der Waals surface area contributed by atoms with Gasteiger partial charge in [-0.25, -0.2) is 8.42 Å². The number of quaternary nitrogens is 2. The molecule has 0 aromatic heterocycles. The van der Waals surface area contributed by atoms with Crippen LogP contribution in [0.15, 0.2) is 0 Å². The average Bonchev–Trinajstić information content (AvgIpc) is 2.82. The first-order chi connectivity index (χ1) is 18.0. The van der Waals surface area contributed by atoms with Gasteiger partial charge >= 0.3 is 1.43 Å². The van der Waals surface area contributed by atoms with Gasteiger partial charge in [-0.05, 0) is 38.5 Å². The predicted octanol–water partition coefficient (Wildman–Crippen LogP) is 8.40. The first-order valence-corrected chi connectivity index (χ1v) is 18.1. The minimum absolute atomic E-state index is 0. The molecule has 0 bridgehead atoms. The van der Waals surface area contributed by atoms with Crippen LogP contribution in [0.5, 0.6) is 0 Å². The summed E-state index contributed by atoms with van der Waals surface area (Å²) in [7, 11) is 5.04. The molecule has 230 valence electrons. The summed E-state index contributed by atoms with van der Waals surface area (Å²) in [6.45, 7) is 6.78. The highest BCUT2D eigenvalue weighted by molar-refractivity contribution is 7.85. The van der Waals surface area contributed by atoms with E-state index in [0.717, 1.165) is 17.6 Å². The third-order valence-electron chi connectivity index (χ3n) is 8.30. The summed E-state index contributed by atoms with van der Waals surface area (Å²) >= 11 is 0. The lowest BCUT2D eigenvalue weighted by Crippen LogP contribution is -2.41. The Hall–Kier alpha value is -0.170. The van der Waals surface area contributed by atoms with Crippen LogP contribution < -0.4 is 0 Å². The lowest BCUT2D eigenvalue weighted by Gasteiger charge is -2.30. The Morgan fingerprint density at radius 2 is 0.684 bits per heavy atom. The summed E-state index contributed by atoms with van der Waals surface area (Å²) in [5, 5.41) is 0. The summed E-state index contributed by atoms with van der Waals surface area (Å²) in [5.41, 5.74) is 0. The fourth-order valence-electron chi connectivity index (χ4n) is 5.59. The molecule has 5 nitrogen and oxygen atoms in total. The quantitative estimate of drug-likeness (QED) is 0.0522. The van der Waals surface area contributed by atoms with Crippen molar-refractivity contribution in [2.75, 3.05) is 60.1 Å². The Balaban J connectivity index is 0. The van der Waals surface area contributed by atoms with Crippen molar-refractivity contribution in [1.29, 1.82) is 0 Å². The molecule has 0 atom stereocenters. The smallest absolute Gasteiger partial charge is 0.748 e. The van der Waals surface area contributed by atoms with Gasteiger partial charge in [0.15, 0.2) is 0 Å². The Bertz CT molecular complexity index is 627. The molecule has 0 N–H and O–H groups in total. The zero-order chi connectivity index (χ0) is 28.6. The SMILES string of the molecule is CCCCCCCCCCCCCC[N+](C)(C)CCCCCCCCCCC[N+](C)(C)CCCS(=O)(=O)[O-].[H+]. The molecule has 0 aliphatic carbocycles. The second-order valence-corrected chi connectivity index (χ2v) is 15.0. The number of hydrogen-bond acceptors (Lipinski definition) is 3. The number of unbranched alkanes of at least 4 members (excludes halogenated alkanes) is 19. The highest BCUT2D eigenvalue weighted by atomic mass is 32.2. The Morgan fingerprint density at radius 1 is 0.447 bits per heavy atom. The Labute approximate surface area is 241 Å². The van der Waals surface area contributed by atoms with Crippen LogP contribution in [0.4, 0.5) is 0 Å². The first kappa shape index (κ1) is 37.8. The molecular weight excluding hydrogens is 492 g/mol. The van der Waals surface area contributed by atoms with E-state index in [1.54, 1.807) is 0 Å². The van der Waals surface area contributed by atoms with Gasteiger partial charge in [-0.15, -0.1) is 0 Å². The molecule has 0 unspecified atom stereocenters. The third kappa shape index (κ3) is 28.8. The molecule has 0 saturated heterocycles. The molecule has 6 heteroatoms. The lowest BCUT2D eigenvalue weighted by atomic mass is 10.0. The summed E-state index contributed by atoms with van der Waals surface area (Å²) in [6.07, 6.45) is 29.6. The minimum atomic E-state index is -4.07. The van der Waals surface area contributed by atoms with Crippen LogP contribution in [0.1, 0.15) is 150 Å². The number of nitrogens with zero attached hydrogens (tertiary/aromatic N) is 2. The topological polar surface area (TPSA) is 57.2 Å². The number of hydrogen-bond donors (Lipinski definition) is 0. The molecule has 0 aromatic carbocycles. The predicted molar refractivity (Wildman–Crippen MR) is 167 cm³/mol. The van der Waals surface area contributed by atoms with E-state index in [2.05, 4.69) is 35.1 Å². The second kappa shape index (κ2) is 23.5. The maximum atomic E-state index is 10.8. The molecule has 0 spiro atoms. The molecule has 0 aliphatic rings. The molecule has 0 saturated carbocycles. The zero-order valence-corrected chi connectivity index (χ0v) is 27.4. The summed E-state index contributed by atoms with van der Waals surface area (Å²) in [5.74, 6) is -0.232. The van der Waals surface area contributed by atoms with E-state index in [1.807, 2.05) is 0 Å². The van der Waals surface area contributed by atoms with Crippen LogP contribution in [-0.4, -0.2) is 82.1 Å². The highest BCUT2D eigenvalue weighted by Crippen LogP contribution is 2.15. The van der Waals surface area contributed by atoms with E-state index in [0.29, 0.717) is 6.42 Å². The molecule has 0 amide bonds. The molecule has 0 aromatic rings. The van der Waals surface area contributed by atoms with Crippen molar-refractivity contribution in [3.05, 3.63) is 0 Å². The molecular formula is C32H70N2O3S+2. The van der Waals surface area contributed by atoms with Crippen molar-refractivity contribution >= 4 is 10.1 Å². The van der Waals surface area contributed by atoms with Gasteiger partial charge in [0.2, 0.25) is 0 Å². The Kier molecular flexibility index (Phi) is 23.4. The molecule has 0 radical (unpaired) electrons. The van der Waals surface area contributed by atoms with Crippen molar-refractivity contribution in [3.8, 4) is 0 Å². The second-order valence-electron chi connectivity index (χ2n) is 13.5. The van der Waals surface area contributed by atoms with Crippen molar-refractivity contribution in [2.24, 2.45) is 0 Å². The van der Waals surface area contributed by atoms with Gasteiger partial charge in [-0.1, -0.05) is 103 Å². The van der Waals surface area contributed by atoms with E-state index in [4.69, 9.17) is 0 Å². The van der Waals surface area contributed by atoms with E-state index >= 15 is 0 Å². The monoisotopic (exact) mass is 563 g/mol. The minimum Gasteiger partial charge on any atom is -0.748 e. The van der Waals surface area contributed by atoms with E-state index in [9.17, 15) is 13.0 Å². The van der Waals surface area contributed by atoms with Crippen LogP contribution >= 0.6 is 0 Å². The largest absolute Gasteiger partial charge is 1.00 e. The van der Waals surface area contributed by atoms with Crippen LogP contribution in [0.2, 0.25) is 0 Å². The van der Waals surface area contributed by atoms with Crippen molar-refractivity contribution in [2.45, 2.75) is 148 Å². The van der Waals surface area contributed by atoms with E-state index < -0.39 is 10.1 Å². The van der Waals surface area contributed by atoms with Gasteiger partial charge in [0, 0.05) is 12.2 Å². The average molecular weight is 563 g/mol. The summed E-state index contributed by atoms with van der Waals surface area (Å²) in [6, 6.07) is 0. The normalized spacial score (nSPS) is 12.9. The third-order valence-corrected chi connectivity index (χ3v) is 9.09. The van der Waals surface area contributed by atoms with Crippen LogP contribution in [0, 0.1) is 0 Å². The Morgan fingerprint density at radius 3 is 0.947 bits per heavy atom. The molecule has 0 rings (SSSR count). The molecule has 0 fully saturated rings. The van der Waals surface area contributed by atoms with E-state index in [1.165, 1.54) is 152 Å². The van der Waals surface area contributed by atoms with E-state index in [-0.39, 0.29) is 7.18 Å².